The number of benzene rings is 2. The van der Waals surface area contributed by atoms with Crippen LogP contribution in [0, 0.1) is 6.92 Å². The zero-order chi connectivity index (χ0) is 19.8. The fourth-order valence-electron chi connectivity index (χ4n) is 3.12. The standard InChI is InChI=1S/C22H27N3O3/c1-16-8-10-17(11-9-16)13-24-22(27)19-6-2-3-7-20(19)25-21(26)15-23-14-18-5-4-12-28-18/h2-3,6-11,18,23H,4-5,12-15H2,1H3,(H,24,27)(H,25,26)/t18-/m0/s1. The van der Waals surface area contributed by atoms with Gasteiger partial charge in [0, 0.05) is 19.7 Å². The second-order valence-electron chi connectivity index (χ2n) is 7.03. The van der Waals surface area contributed by atoms with Crippen molar-refractivity contribution in [2.75, 3.05) is 25.0 Å². The first-order valence-corrected chi connectivity index (χ1v) is 9.67. The van der Waals surface area contributed by atoms with Gasteiger partial charge in [-0.15, -0.1) is 0 Å². The van der Waals surface area contributed by atoms with E-state index in [4.69, 9.17) is 4.74 Å². The lowest BCUT2D eigenvalue weighted by atomic mass is 10.1. The Morgan fingerprint density at radius 3 is 2.64 bits per heavy atom. The van der Waals surface area contributed by atoms with E-state index < -0.39 is 0 Å². The smallest absolute Gasteiger partial charge is 0.253 e. The lowest BCUT2D eigenvalue weighted by Gasteiger charge is -2.13. The van der Waals surface area contributed by atoms with E-state index in [0.717, 1.165) is 25.0 Å². The third-order valence-electron chi connectivity index (χ3n) is 4.70. The number of rotatable bonds is 8. The van der Waals surface area contributed by atoms with E-state index in [2.05, 4.69) is 16.0 Å². The highest BCUT2D eigenvalue weighted by Gasteiger charge is 2.16. The van der Waals surface area contributed by atoms with E-state index in [1.165, 1.54) is 5.56 Å². The van der Waals surface area contributed by atoms with Crippen molar-refractivity contribution in [2.45, 2.75) is 32.4 Å². The van der Waals surface area contributed by atoms with Crippen LogP contribution in [0.3, 0.4) is 0 Å². The first-order valence-electron chi connectivity index (χ1n) is 9.67. The second-order valence-corrected chi connectivity index (χ2v) is 7.03. The highest BCUT2D eigenvalue weighted by Crippen LogP contribution is 2.15. The molecule has 28 heavy (non-hydrogen) atoms. The summed E-state index contributed by atoms with van der Waals surface area (Å²) < 4.78 is 5.53. The van der Waals surface area contributed by atoms with Crippen molar-refractivity contribution in [2.24, 2.45) is 0 Å². The first-order chi connectivity index (χ1) is 13.6. The molecule has 0 bridgehead atoms. The molecule has 0 saturated carbocycles. The summed E-state index contributed by atoms with van der Waals surface area (Å²) in [6.07, 6.45) is 2.29. The van der Waals surface area contributed by atoms with E-state index in [-0.39, 0.29) is 24.5 Å². The van der Waals surface area contributed by atoms with Crippen LogP contribution in [-0.2, 0) is 16.1 Å². The lowest BCUT2D eigenvalue weighted by Crippen LogP contribution is -2.34. The normalized spacial score (nSPS) is 16.0. The lowest BCUT2D eigenvalue weighted by molar-refractivity contribution is -0.115. The molecule has 2 aromatic carbocycles. The predicted octanol–water partition coefficient (Wildman–Crippen LogP) is 2.63. The average molecular weight is 381 g/mol. The average Bonchev–Trinajstić information content (AvgIpc) is 3.21. The molecule has 1 aliphatic rings. The quantitative estimate of drug-likeness (QED) is 0.657. The molecular weight excluding hydrogens is 354 g/mol. The number of ether oxygens (including phenoxy) is 1. The van der Waals surface area contributed by atoms with Gasteiger partial charge in [0.1, 0.15) is 0 Å². The summed E-state index contributed by atoms with van der Waals surface area (Å²) >= 11 is 0. The zero-order valence-corrected chi connectivity index (χ0v) is 16.2. The van der Waals surface area contributed by atoms with Gasteiger partial charge >= 0.3 is 0 Å². The molecular formula is C22H27N3O3. The summed E-state index contributed by atoms with van der Waals surface area (Å²) in [7, 11) is 0. The second kappa shape index (κ2) is 10.0. The van der Waals surface area contributed by atoms with E-state index in [0.29, 0.717) is 24.3 Å². The van der Waals surface area contributed by atoms with Gasteiger partial charge in [-0.3, -0.25) is 9.59 Å². The van der Waals surface area contributed by atoms with Crippen LogP contribution in [0.4, 0.5) is 5.69 Å². The van der Waals surface area contributed by atoms with Crippen molar-refractivity contribution in [1.82, 2.24) is 10.6 Å². The Morgan fingerprint density at radius 1 is 1.11 bits per heavy atom. The molecule has 0 radical (unpaired) electrons. The van der Waals surface area contributed by atoms with Crippen molar-refractivity contribution in [3.63, 3.8) is 0 Å². The summed E-state index contributed by atoms with van der Waals surface area (Å²) in [6.45, 7) is 4.09. The molecule has 6 nitrogen and oxygen atoms in total. The molecule has 6 heteroatoms. The number of anilines is 1. The Labute approximate surface area is 165 Å². The molecule has 1 saturated heterocycles. The number of hydrogen-bond donors (Lipinski definition) is 3. The molecule has 148 valence electrons. The van der Waals surface area contributed by atoms with E-state index in [9.17, 15) is 9.59 Å². The van der Waals surface area contributed by atoms with Crippen molar-refractivity contribution in [1.29, 1.82) is 0 Å². The fraction of sp³-hybridized carbons (Fsp3) is 0.364. The van der Waals surface area contributed by atoms with Crippen LogP contribution < -0.4 is 16.0 Å². The maximum atomic E-state index is 12.6. The summed E-state index contributed by atoms with van der Waals surface area (Å²) in [6, 6.07) is 15.0. The Hall–Kier alpha value is -2.70. The first kappa shape index (κ1) is 20.0. The maximum Gasteiger partial charge on any atom is 0.253 e. The molecule has 1 fully saturated rings. The number of hydrogen-bond acceptors (Lipinski definition) is 4. The predicted molar refractivity (Wildman–Crippen MR) is 109 cm³/mol. The summed E-state index contributed by atoms with van der Waals surface area (Å²) in [5, 5.41) is 8.84. The van der Waals surface area contributed by atoms with Crippen LogP contribution in [0.5, 0.6) is 0 Å². The minimum atomic E-state index is -0.219. The van der Waals surface area contributed by atoms with E-state index in [1.54, 1.807) is 24.3 Å². The molecule has 3 N–H and O–H groups in total. The topological polar surface area (TPSA) is 79.5 Å². The van der Waals surface area contributed by atoms with Gasteiger partial charge in [-0.25, -0.2) is 0 Å². The van der Waals surface area contributed by atoms with Crippen LogP contribution in [0.25, 0.3) is 0 Å². The molecule has 0 aromatic heterocycles. The third-order valence-corrected chi connectivity index (χ3v) is 4.70. The highest BCUT2D eigenvalue weighted by molar-refractivity contribution is 6.04. The van der Waals surface area contributed by atoms with Crippen LogP contribution >= 0.6 is 0 Å². The van der Waals surface area contributed by atoms with Crippen molar-refractivity contribution >= 4 is 17.5 Å². The van der Waals surface area contributed by atoms with Gasteiger partial charge in [-0.2, -0.15) is 0 Å². The highest BCUT2D eigenvalue weighted by atomic mass is 16.5. The number of nitrogens with one attached hydrogen (secondary N) is 3. The van der Waals surface area contributed by atoms with Crippen molar-refractivity contribution in [3.8, 4) is 0 Å². The summed E-state index contributed by atoms with van der Waals surface area (Å²) in [5.41, 5.74) is 3.16. The Bertz CT molecular complexity index is 799. The monoisotopic (exact) mass is 381 g/mol. The van der Waals surface area contributed by atoms with Gasteiger partial charge < -0.3 is 20.7 Å². The van der Waals surface area contributed by atoms with Gasteiger partial charge in [-0.05, 0) is 37.5 Å². The Balaban J connectivity index is 1.51. The van der Waals surface area contributed by atoms with Crippen molar-refractivity contribution < 1.29 is 14.3 Å². The minimum Gasteiger partial charge on any atom is -0.377 e. The van der Waals surface area contributed by atoms with Gasteiger partial charge in [0.05, 0.1) is 23.9 Å². The number of carbonyl (C=O) groups excluding carboxylic acids is 2. The molecule has 2 aromatic rings. The Morgan fingerprint density at radius 2 is 1.89 bits per heavy atom. The maximum absolute atomic E-state index is 12.6. The number of para-hydroxylation sites is 1. The fourth-order valence-corrected chi connectivity index (χ4v) is 3.12. The van der Waals surface area contributed by atoms with Gasteiger partial charge in [0.25, 0.3) is 5.91 Å². The van der Waals surface area contributed by atoms with Gasteiger partial charge in [0.2, 0.25) is 5.91 Å². The molecule has 0 unspecified atom stereocenters. The summed E-state index contributed by atoms with van der Waals surface area (Å²) in [5.74, 6) is -0.402. The molecule has 0 spiro atoms. The van der Waals surface area contributed by atoms with E-state index in [1.807, 2.05) is 31.2 Å². The molecule has 0 aliphatic carbocycles. The Kier molecular flexibility index (Phi) is 7.17. The molecule has 1 atom stereocenters. The molecule has 1 aliphatic heterocycles. The molecule has 2 amide bonds. The third kappa shape index (κ3) is 5.90. The number of carbonyl (C=O) groups is 2. The minimum absolute atomic E-state index is 0.180. The largest absolute Gasteiger partial charge is 0.377 e. The van der Waals surface area contributed by atoms with Crippen molar-refractivity contribution in [3.05, 3.63) is 65.2 Å². The van der Waals surface area contributed by atoms with Crippen LogP contribution in [0.15, 0.2) is 48.5 Å². The molecule has 1 heterocycles. The van der Waals surface area contributed by atoms with Gasteiger partial charge in [0.15, 0.2) is 0 Å². The zero-order valence-electron chi connectivity index (χ0n) is 16.2. The number of aryl methyl sites for hydroxylation is 1. The SMILES string of the molecule is Cc1ccc(CNC(=O)c2ccccc2NC(=O)CNC[C@@H]2CCCO2)cc1. The summed E-state index contributed by atoms with van der Waals surface area (Å²) in [4.78, 5) is 24.8. The van der Waals surface area contributed by atoms with Crippen LogP contribution in [0.2, 0.25) is 0 Å². The molecule has 3 rings (SSSR count). The van der Waals surface area contributed by atoms with Gasteiger partial charge in [-0.1, -0.05) is 42.0 Å². The van der Waals surface area contributed by atoms with Crippen LogP contribution in [0.1, 0.15) is 34.3 Å². The van der Waals surface area contributed by atoms with Crippen LogP contribution in [-0.4, -0.2) is 37.6 Å². The number of amides is 2. The van der Waals surface area contributed by atoms with E-state index >= 15 is 0 Å².